The van der Waals surface area contributed by atoms with Gasteiger partial charge in [-0.2, -0.15) is 0 Å². The van der Waals surface area contributed by atoms with Crippen molar-refractivity contribution in [1.29, 1.82) is 0 Å². The highest BCUT2D eigenvalue weighted by Gasteiger charge is 2.22. The summed E-state index contributed by atoms with van der Waals surface area (Å²) in [6.07, 6.45) is 8.97. The number of hydrogen-bond acceptors (Lipinski definition) is 6. The summed E-state index contributed by atoms with van der Waals surface area (Å²) in [7, 11) is 1.62. The minimum Gasteiger partial charge on any atom is -0.491 e. The van der Waals surface area contributed by atoms with Gasteiger partial charge in [-0.3, -0.25) is 10.3 Å². The number of alkyl halides is 3. The molecule has 2 N–H and O–H groups in total. The number of nitrogens with one attached hydrogen (secondary N) is 2. The van der Waals surface area contributed by atoms with Gasteiger partial charge in [0.25, 0.3) is 0 Å². The topological polar surface area (TPSA) is 81.2 Å². The van der Waals surface area contributed by atoms with Crippen LogP contribution in [0.3, 0.4) is 0 Å². The van der Waals surface area contributed by atoms with Gasteiger partial charge in [-0.05, 0) is 44.6 Å². The Morgan fingerprint density at radius 1 is 1.14 bits per heavy atom. The van der Waals surface area contributed by atoms with Gasteiger partial charge in [0.1, 0.15) is 19.0 Å². The highest BCUT2D eigenvalue weighted by molar-refractivity contribution is 6.67. The third kappa shape index (κ3) is 12.7. The number of hydrogen-bond donors (Lipinski definition) is 2. The number of halogens is 3. The minimum absolute atomic E-state index is 0.370. The first kappa shape index (κ1) is 30.6. The van der Waals surface area contributed by atoms with Gasteiger partial charge in [0.2, 0.25) is 3.79 Å². The lowest BCUT2D eigenvalue weighted by Gasteiger charge is -2.15. The van der Waals surface area contributed by atoms with Crippen molar-refractivity contribution >= 4 is 58.5 Å². The largest absolute Gasteiger partial charge is 0.491 e. The number of alkyl carbamates (subject to hydrolysis) is 1. The van der Waals surface area contributed by atoms with Crippen LogP contribution in [0.2, 0.25) is 0 Å². The maximum absolute atomic E-state index is 11.9. The molecule has 7 nitrogen and oxygen atoms in total. The second-order valence-electron chi connectivity index (χ2n) is 6.97. The molecule has 0 aliphatic heterocycles. The number of aliphatic imine (C=N–C) groups is 1. The zero-order chi connectivity index (χ0) is 26.3. The average Bonchev–Trinajstić information content (AvgIpc) is 2.80. The number of methoxy groups -OCH3 is 1. The van der Waals surface area contributed by atoms with E-state index in [1.165, 1.54) is 0 Å². The molecule has 0 aliphatic carbocycles. The first-order valence-electron chi connectivity index (χ1n) is 10.9. The monoisotopic (exact) mass is 543 g/mol. The van der Waals surface area contributed by atoms with E-state index in [1.807, 2.05) is 44.2 Å². The quantitative estimate of drug-likeness (QED) is 0.123. The Bertz CT molecular complexity index is 967. The Morgan fingerprint density at radius 2 is 1.86 bits per heavy atom. The van der Waals surface area contributed by atoms with Crippen LogP contribution < -0.4 is 15.4 Å². The molecule has 35 heavy (non-hydrogen) atoms. The van der Waals surface area contributed by atoms with E-state index in [2.05, 4.69) is 22.2 Å². The first-order valence-corrected chi connectivity index (χ1v) is 12.0. The Morgan fingerprint density at radius 3 is 2.46 bits per heavy atom. The number of benzene rings is 1. The van der Waals surface area contributed by atoms with E-state index in [0.717, 1.165) is 17.7 Å². The van der Waals surface area contributed by atoms with Gasteiger partial charge < -0.3 is 19.5 Å². The van der Waals surface area contributed by atoms with Gasteiger partial charge in [-0.25, -0.2) is 4.79 Å². The Labute approximate surface area is 222 Å². The molecule has 0 saturated carbocycles. The highest BCUT2D eigenvalue weighted by atomic mass is 35.6. The summed E-state index contributed by atoms with van der Waals surface area (Å²) in [6, 6.07) is 5.60. The average molecular weight is 545 g/mol. The van der Waals surface area contributed by atoms with Crippen molar-refractivity contribution in [2.75, 3.05) is 26.9 Å². The van der Waals surface area contributed by atoms with E-state index < -0.39 is 9.89 Å². The molecule has 0 spiro atoms. The van der Waals surface area contributed by atoms with Gasteiger partial charge >= 0.3 is 6.09 Å². The molecule has 0 bridgehead atoms. The van der Waals surface area contributed by atoms with Gasteiger partial charge in [0.15, 0.2) is 0 Å². The summed E-state index contributed by atoms with van der Waals surface area (Å²) >= 11 is 16.8. The van der Waals surface area contributed by atoms with Crippen molar-refractivity contribution < 1.29 is 19.0 Å². The van der Waals surface area contributed by atoms with E-state index in [0.29, 0.717) is 36.0 Å². The zero-order valence-corrected chi connectivity index (χ0v) is 22.6. The predicted molar refractivity (Wildman–Crippen MR) is 146 cm³/mol. The van der Waals surface area contributed by atoms with Crippen LogP contribution in [0.15, 0.2) is 65.5 Å². The number of carbonyl (C=O) groups is 1. The smallest absolute Gasteiger partial charge is 0.411 e. The van der Waals surface area contributed by atoms with Crippen LogP contribution in [0.25, 0.3) is 5.70 Å². The van der Waals surface area contributed by atoms with Crippen molar-refractivity contribution in [3.63, 3.8) is 0 Å². The molecule has 10 heteroatoms. The molecule has 0 aliphatic rings. The standard InChI is InChI=1S/C25H32Cl3N3O4/c1-6-9-20(11-10-19(7-2)31-24(32)35-17-25(26,27)28)30-18(4)22-13-12-21(34-15-14-33-5)16-23(22)29-8-3/h7-13,16,30H,4,6,14-15,17H2,1-3,5H3,(H,31,32)/b11-10-,19-7+,20-9-,29-8?. The summed E-state index contributed by atoms with van der Waals surface area (Å²) in [5.74, 6) is 0.689. The maximum Gasteiger partial charge on any atom is 0.411 e. The molecule has 0 atom stereocenters. The van der Waals surface area contributed by atoms with Gasteiger partial charge in [0, 0.05) is 42.0 Å². The fourth-order valence-electron chi connectivity index (χ4n) is 2.66. The van der Waals surface area contributed by atoms with Crippen molar-refractivity contribution in [3.8, 4) is 5.75 Å². The molecular weight excluding hydrogens is 513 g/mol. The fraction of sp³-hybridized carbons (Fsp3) is 0.360. The zero-order valence-electron chi connectivity index (χ0n) is 20.4. The van der Waals surface area contributed by atoms with E-state index in [1.54, 1.807) is 32.4 Å². The predicted octanol–water partition coefficient (Wildman–Crippen LogP) is 6.84. The van der Waals surface area contributed by atoms with Gasteiger partial charge in [-0.15, -0.1) is 0 Å². The normalized spacial score (nSPS) is 12.8. The molecule has 0 aromatic heterocycles. The van der Waals surface area contributed by atoms with E-state index in [9.17, 15) is 4.79 Å². The highest BCUT2D eigenvalue weighted by Crippen LogP contribution is 2.29. The Kier molecular flexibility index (Phi) is 14.2. The summed E-state index contributed by atoms with van der Waals surface area (Å²) in [5.41, 5.74) is 3.46. The fourth-order valence-corrected chi connectivity index (χ4v) is 2.82. The number of carbonyl (C=O) groups excluding carboxylic acids is 1. The lowest BCUT2D eigenvalue weighted by atomic mass is 10.1. The van der Waals surface area contributed by atoms with Gasteiger partial charge in [-0.1, -0.05) is 60.5 Å². The van der Waals surface area contributed by atoms with Crippen LogP contribution >= 0.6 is 34.8 Å². The van der Waals surface area contributed by atoms with Crippen molar-refractivity contribution in [2.45, 2.75) is 31.0 Å². The molecule has 0 heterocycles. The SMILES string of the molecule is C=C(NC(/C=C\C(=C/C)NC(=O)OCC(Cl)(Cl)Cl)=C\CC)c1ccc(OCCOC)cc1N=CC. The molecule has 0 saturated heterocycles. The second-order valence-corrected chi connectivity index (χ2v) is 9.49. The number of ether oxygens (including phenoxy) is 3. The van der Waals surface area contributed by atoms with Crippen molar-refractivity contribution in [2.24, 2.45) is 4.99 Å². The van der Waals surface area contributed by atoms with Crippen molar-refractivity contribution in [3.05, 3.63) is 66.0 Å². The number of nitrogens with zero attached hydrogens (tertiary/aromatic N) is 1. The van der Waals surface area contributed by atoms with Crippen LogP contribution in [0.4, 0.5) is 10.5 Å². The second kappa shape index (κ2) is 16.3. The van der Waals surface area contributed by atoms with Crippen LogP contribution in [-0.2, 0) is 9.47 Å². The van der Waals surface area contributed by atoms with Crippen molar-refractivity contribution in [1.82, 2.24) is 10.6 Å². The third-order valence-corrected chi connectivity index (χ3v) is 4.53. The Hall–Kier alpha value is -2.45. The maximum atomic E-state index is 11.9. The molecule has 1 aromatic rings. The first-order chi connectivity index (χ1) is 16.6. The summed E-state index contributed by atoms with van der Waals surface area (Å²) in [5, 5.41) is 5.90. The molecule has 1 rings (SSSR count). The number of allylic oxidation sites excluding steroid dienone is 4. The lowest BCUT2D eigenvalue weighted by molar-refractivity contribution is 0.146. The lowest BCUT2D eigenvalue weighted by Crippen LogP contribution is -2.27. The van der Waals surface area contributed by atoms with Crippen LogP contribution in [0.1, 0.15) is 32.8 Å². The van der Waals surface area contributed by atoms with Crippen LogP contribution in [-0.4, -0.2) is 43.0 Å². The third-order valence-electron chi connectivity index (χ3n) is 4.20. The van der Waals surface area contributed by atoms with E-state index in [-0.39, 0.29) is 6.61 Å². The molecular formula is C25H32Cl3N3O4. The number of amides is 1. The summed E-state index contributed by atoms with van der Waals surface area (Å²) < 4.78 is 13.9. The summed E-state index contributed by atoms with van der Waals surface area (Å²) in [4.78, 5) is 16.4. The number of rotatable bonds is 13. The molecule has 1 aromatic carbocycles. The van der Waals surface area contributed by atoms with Crippen LogP contribution in [0.5, 0.6) is 5.75 Å². The molecule has 1 amide bonds. The molecule has 0 radical (unpaired) electrons. The van der Waals surface area contributed by atoms with Gasteiger partial charge in [0.05, 0.1) is 12.3 Å². The van der Waals surface area contributed by atoms with E-state index in [4.69, 9.17) is 49.0 Å². The van der Waals surface area contributed by atoms with Crippen LogP contribution in [0, 0.1) is 0 Å². The van der Waals surface area contributed by atoms with E-state index >= 15 is 0 Å². The Balaban J connectivity index is 2.94. The molecule has 192 valence electrons. The minimum atomic E-state index is -1.68. The molecule has 0 unspecified atom stereocenters. The molecule has 0 fully saturated rings. The summed E-state index contributed by atoms with van der Waals surface area (Å²) in [6.45, 7) is 10.4.